The number of hydrogen-bond acceptors (Lipinski definition) is 3. The highest BCUT2D eigenvalue weighted by Crippen LogP contribution is 2.44. The van der Waals surface area contributed by atoms with Crippen molar-refractivity contribution in [2.75, 3.05) is 9.91 Å². The van der Waals surface area contributed by atoms with E-state index in [4.69, 9.17) is 0 Å². The van der Waals surface area contributed by atoms with Crippen LogP contribution in [0.4, 0.5) is 11.4 Å². The molecule has 0 saturated carbocycles. The molecule has 2 heterocycles. The average Bonchev–Trinajstić information content (AvgIpc) is 2.96. The molecule has 0 radical (unpaired) electrons. The molecule has 2 aliphatic rings. The lowest BCUT2D eigenvalue weighted by Crippen LogP contribution is -2.51. The normalized spacial score (nSPS) is 22.0. The van der Waals surface area contributed by atoms with Gasteiger partial charge in [-0.15, -0.1) is 0 Å². The fraction of sp³-hybridized carbons (Fsp3) is 0.385. The smallest absolute Gasteiger partial charge is 0.280 e. The van der Waals surface area contributed by atoms with Gasteiger partial charge in [-0.05, 0) is 88.4 Å². The van der Waals surface area contributed by atoms with E-state index >= 15 is 0 Å². The molecule has 2 aromatic carbocycles. The second-order valence-electron chi connectivity index (χ2n) is 9.40. The highest BCUT2D eigenvalue weighted by molar-refractivity contribution is 6.32. The Morgan fingerprint density at radius 3 is 2.50 bits per heavy atom. The first-order valence-electron chi connectivity index (χ1n) is 10.8. The minimum Gasteiger partial charge on any atom is -0.364 e. The van der Waals surface area contributed by atoms with Crippen molar-refractivity contribution in [2.24, 2.45) is 5.10 Å². The fourth-order valence-corrected chi connectivity index (χ4v) is 5.13. The SMILES string of the molecule is CC1=NN(c2ccccc2)C(=O)/C1=C/c1ccc2c(c1)[C@@H](C)CC(C)(C)N2C(C)C. The van der Waals surface area contributed by atoms with E-state index in [-0.39, 0.29) is 11.4 Å². The number of hydrogen-bond donors (Lipinski definition) is 0. The maximum Gasteiger partial charge on any atom is 0.280 e. The molecular weight excluding hydrogens is 370 g/mol. The van der Waals surface area contributed by atoms with Crippen molar-refractivity contribution >= 4 is 29.1 Å². The van der Waals surface area contributed by atoms with Crippen molar-refractivity contribution in [1.29, 1.82) is 0 Å². The molecule has 4 heteroatoms. The Hall–Kier alpha value is -2.88. The summed E-state index contributed by atoms with van der Waals surface area (Å²) in [5, 5.41) is 5.99. The fourth-order valence-electron chi connectivity index (χ4n) is 5.13. The van der Waals surface area contributed by atoms with E-state index in [1.165, 1.54) is 16.3 Å². The third-order valence-electron chi connectivity index (χ3n) is 6.19. The minimum atomic E-state index is -0.0746. The summed E-state index contributed by atoms with van der Waals surface area (Å²) in [4.78, 5) is 15.6. The number of amides is 1. The summed E-state index contributed by atoms with van der Waals surface area (Å²) in [6.45, 7) is 13.4. The second kappa shape index (κ2) is 7.42. The van der Waals surface area contributed by atoms with Gasteiger partial charge in [-0.2, -0.15) is 10.1 Å². The van der Waals surface area contributed by atoms with Gasteiger partial charge in [-0.3, -0.25) is 4.79 Å². The van der Waals surface area contributed by atoms with Crippen molar-refractivity contribution in [2.45, 2.75) is 65.5 Å². The first-order chi connectivity index (χ1) is 14.2. The highest BCUT2D eigenvalue weighted by atomic mass is 16.2. The Morgan fingerprint density at radius 1 is 1.13 bits per heavy atom. The molecular formula is C26H31N3O. The third kappa shape index (κ3) is 3.45. The van der Waals surface area contributed by atoms with Gasteiger partial charge in [0.2, 0.25) is 0 Å². The number of carbonyl (C=O) groups is 1. The molecule has 0 aliphatic carbocycles. The number of nitrogens with zero attached hydrogens (tertiary/aromatic N) is 3. The van der Waals surface area contributed by atoms with Crippen LogP contribution in [0.25, 0.3) is 6.08 Å². The van der Waals surface area contributed by atoms with Crippen LogP contribution in [0, 0.1) is 0 Å². The zero-order chi connectivity index (χ0) is 21.6. The van der Waals surface area contributed by atoms with Crippen LogP contribution >= 0.6 is 0 Å². The second-order valence-corrected chi connectivity index (χ2v) is 9.40. The van der Waals surface area contributed by atoms with E-state index in [0.717, 1.165) is 23.4 Å². The van der Waals surface area contributed by atoms with Gasteiger partial charge in [0.05, 0.1) is 17.0 Å². The number of para-hydroxylation sites is 1. The van der Waals surface area contributed by atoms with Gasteiger partial charge in [0, 0.05) is 17.3 Å². The van der Waals surface area contributed by atoms with Gasteiger partial charge < -0.3 is 4.90 Å². The standard InChI is InChI=1S/C26H31N3O/c1-17(2)28-24-13-12-20(14-22(24)18(3)16-26(28,5)6)15-23-19(4)27-29(25(23)30)21-10-8-7-9-11-21/h7-15,17-18H,16H2,1-6H3/b23-15+/t18-/m0/s1. The largest absolute Gasteiger partial charge is 0.364 e. The predicted molar refractivity (Wildman–Crippen MR) is 126 cm³/mol. The molecule has 0 fully saturated rings. The van der Waals surface area contributed by atoms with Gasteiger partial charge in [-0.1, -0.05) is 31.2 Å². The molecule has 0 saturated heterocycles. The van der Waals surface area contributed by atoms with Crippen LogP contribution in [0.15, 0.2) is 59.2 Å². The van der Waals surface area contributed by atoms with Gasteiger partial charge in [0.25, 0.3) is 5.91 Å². The molecule has 4 nitrogen and oxygen atoms in total. The first kappa shape index (κ1) is 20.4. The van der Waals surface area contributed by atoms with Gasteiger partial charge in [-0.25, -0.2) is 0 Å². The lowest BCUT2D eigenvalue weighted by molar-refractivity contribution is -0.114. The molecule has 0 bridgehead atoms. The Labute approximate surface area is 179 Å². The summed E-state index contributed by atoms with van der Waals surface area (Å²) in [6, 6.07) is 16.6. The molecule has 1 amide bonds. The topological polar surface area (TPSA) is 35.9 Å². The molecule has 2 aromatic rings. The molecule has 2 aliphatic heterocycles. The third-order valence-corrected chi connectivity index (χ3v) is 6.19. The van der Waals surface area contributed by atoms with Crippen LogP contribution in [0.1, 0.15) is 65.0 Å². The maximum atomic E-state index is 13.0. The Kier molecular flexibility index (Phi) is 5.05. The van der Waals surface area contributed by atoms with E-state index in [2.05, 4.69) is 62.8 Å². The van der Waals surface area contributed by atoms with Crippen LogP contribution in [0.2, 0.25) is 0 Å². The molecule has 156 valence electrons. The first-order valence-corrected chi connectivity index (χ1v) is 10.8. The van der Waals surface area contributed by atoms with E-state index in [1.54, 1.807) is 0 Å². The highest BCUT2D eigenvalue weighted by Gasteiger charge is 2.37. The summed E-state index contributed by atoms with van der Waals surface area (Å²) < 4.78 is 0. The van der Waals surface area contributed by atoms with Crippen molar-refractivity contribution in [3.63, 3.8) is 0 Å². The van der Waals surface area contributed by atoms with Crippen molar-refractivity contribution in [3.05, 3.63) is 65.2 Å². The van der Waals surface area contributed by atoms with Gasteiger partial charge in [0.15, 0.2) is 0 Å². The number of carbonyl (C=O) groups excluding carboxylic acids is 1. The number of benzene rings is 2. The Morgan fingerprint density at radius 2 is 1.83 bits per heavy atom. The monoisotopic (exact) mass is 401 g/mol. The van der Waals surface area contributed by atoms with E-state index < -0.39 is 0 Å². The summed E-state index contributed by atoms with van der Waals surface area (Å²) >= 11 is 0. The van der Waals surface area contributed by atoms with Crippen molar-refractivity contribution < 1.29 is 4.79 Å². The predicted octanol–water partition coefficient (Wildman–Crippen LogP) is 5.99. The summed E-state index contributed by atoms with van der Waals surface area (Å²) in [5.74, 6) is 0.396. The Balaban J connectivity index is 1.70. The van der Waals surface area contributed by atoms with Crippen LogP contribution in [-0.2, 0) is 4.79 Å². The van der Waals surface area contributed by atoms with Gasteiger partial charge in [0.1, 0.15) is 0 Å². The Bertz CT molecular complexity index is 1030. The van der Waals surface area contributed by atoms with Crippen LogP contribution < -0.4 is 9.91 Å². The molecule has 30 heavy (non-hydrogen) atoms. The summed E-state index contributed by atoms with van der Waals surface area (Å²) in [7, 11) is 0. The molecule has 0 unspecified atom stereocenters. The van der Waals surface area contributed by atoms with Crippen LogP contribution in [0.3, 0.4) is 0 Å². The van der Waals surface area contributed by atoms with Crippen molar-refractivity contribution in [3.8, 4) is 0 Å². The number of anilines is 2. The van der Waals surface area contributed by atoms with Crippen LogP contribution in [0.5, 0.6) is 0 Å². The number of rotatable bonds is 3. The molecule has 0 aromatic heterocycles. The zero-order valence-corrected chi connectivity index (χ0v) is 18.8. The van der Waals surface area contributed by atoms with Crippen molar-refractivity contribution in [1.82, 2.24) is 0 Å². The lowest BCUT2D eigenvalue weighted by Gasteiger charge is -2.50. The maximum absolute atomic E-state index is 13.0. The minimum absolute atomic E-state index is 0.0746. The van der Waals surface area contributed by atoms with E-state index in [0.29, 0.717) is 17.5 Å². The number of hydrazone groups is 1. The van der Waals surface area contributed by atoms with E-state index in [1.807, 2.05) is 43.3 Å². The molecule has 1 atom stereocenters. The quantitative estimate of drug-likeness (QED) is 0.592. The molecule has 0 spiro atoms. The average molecular weight is 402 g/mol. The summed E-state index contributed by atoms with van der Waals surface area (Å²) in [6.07, 6.45) is 3.09. The van der Waals surface area contributed by atoms with Crippen LogP contribution in [-0.4, -0.2) is 23.2 Å². The van der Waals surface area contributed by atoms with Gasteiger partial charge >= 0.3 is 0 Å². The summed E-state index contributed by atoms with van der Waals surface area (Å²) in [5.41, 5.74) is 6.04. The molecule has 0 N–H and O–H groups in total. The number of fused-ring (bicyclic) bond motifs is 1. The molecule has 4 rings (SSSR count). The zero-order valence-electron chi connectivity index (χ0n) is 18.8. The van der Waals surface area contributed by atoms with E-state index in [9.17, 15) is 4.79 Å². The lowest BCUT2D eigenvalue weighted by atomic mass is 9.78.